The van der Waals surface area contributed by atoms with Crippen molar-refractivity contribution in [2.24, 2.45) is 0 Å². The molecule has 0 bridgehead atoms. The van der Waals surface area contributed by atoms with Crippen LogP contribution in [0.15, 0.2) is 49.1 Å². The second-order valence-electron chi connectivity index (χ2n) is 7.39. The first-order chi connectivity index (χ1) is 14.6. The molecule has 0 atom stereocenters. The summed E-state index contributed by atoms with van der Waals surface area (Å²) >= 11 is 0. The first-order valence-electron chi connectivity index (χ1n) is 9.93. The Bertz CT molecular complexity index is 1220. The lowest BCUT2D eigenvalue weighted by Gasteiger charge is -2.35. The molecule has 1 fully saturated rings. The molecule has 1 aliphatic heterocycles. The van der Waals surface area contributed by atoms with E-state index in [-0.39, 0.29) is 5.91 Å². The van der Waals surface area contributed by atoms with Gasteiger partial charge in [-0.1, -0.05) is 6.07 Å². The van der Waals surface area contributed by atoms with E-state index in [9.17, 15) is 4.79 Å². The molecule has 1 amide bonds. The summed E-state index contributed by atoms with van der Waals surface area (Å²) in [6.07, 6.45) is 5.33. The number of amides is 1. The summed E-state index contributed by atoms with van der Waals surface area (Å²) in [6.45, 7) is 6.49. The number of rotatable bonds is 3. The van der Waals surface area contributed by atoms with E-state index in [4.69, 9.17) is 0 Å². The van der Waals surface area contributed by atoms with E-state index >= 15 is 0 Å². The fourth-order valence-electron chi connectivity index (χ4n) is 3.84. The minimum absolute atomic E-state index is 0.0150. The van der Waals surface area contributed by atoms with Gasteiger partial charge in [0, 0.05) is 44.6 Å². The second kappa shape index (κ2) is 7.25. The Morgan fingerprint density at radius 2 is 1.77 bits per heavy atom. The standard InChI is InChI=1S/C21H22N8O/c1-15-6-8-29(25-15)19-13-18(22-14-23-19)26-9-11-27(12-10-26)21(30)20-16(2)24-17-5-3-4-7-28(17)20/h3-8,13-14H,9-12H2,1-2H3. The largest absolute Gasteiger partial charge is 0.353 e. The van der Waals surface area contributed by atoms with Gasteiger partial charge in [-0.2, -0.15) is 5.10 Å². The first-order valence-corrected chi connectivity index (χ1v) is 9.93. The zero-order valence-electron chi connectivity index (χ0n) is 16.9. The first kappa shape index (κ1) is 18.3. The van der Waals surface area contributed by atoms with E-state index in [2.05, 4.69) is 25.0 Å². The van der Waals surface area contributed by atoms with Crippen LogP contribution in [0.25, 0.3) is 11.5 Å². The fraction of sp³-hybridized carbons (Fsp3) is 0.286. The molecule has 0 N–H and O–H groups in total. The van der Waals surface area contributed by atoms with E-state index in [1.54, 1.807) is 11.0 Å². The molecule has 0 unspecified atom stereocenters. The molecular formula is C21H22N8O. The average molecular weight is 402 g/mol. The molecular weight excluding hydrogens is 380 g/mol. The average Bonchev–Trinajstić information content (AvgIpc) is 3.36. The smallest absolute Gasteiger partial charge is 0.272 e. The van der Waals surface area contributed by atoms with Crippen molar-refractivity contribution < 1.29 is 4.79 Å². The number of pyridine rings is 1. The Balaban J connectivity index is 1.32. The van der Waals surface area contributed by atoms with Crippen molar-refractivity contribution >= 4 is 17.4 Å². The molecule has 152 valence electrons. The molecule has 1 saturated heterocycles. The molecule has 30 heavy (non-hydrogen) atoms. The number of nitrogens with zero attached hydrogens (tertiary/aromatic N) is 8. The van der Waals surface area contributed by atoms with Gasteiger partial charge in [-0.25, -0.2) is 19.6 Å². The third-order valence-corrected chi connectivity index (χ3v) is 5.39. The van der Waals surface area contributed by atoms with Crippen LogP contribution in [-0.4, -0.2) is 66.1 Å². The maximum Gasteiger partial charge on any atom is 0.272 e. The number of carbonyl (C=O) groups is 1. The van der Waals surface area contributed by atoms with Crippen molar-refractivity contribution in [3.63, 3.8) is 0 Å². The summed E-state index contributed by atoms with van der Waals surface area (Å²) in [6, 6.07) is 9.62. The van der Waals surface area contributed by atoms with Gasteiger partial charge in [0.1, 0.15) is 23.5 Å². The van der Waals surface area contributed by atoms with Crippen LogP contribution in [0.5, 0.6) is 0 Å². The van der Waals surface area contributed by atoms with Gasteiger partial charge in [-0.3, -0.25) is 9.20 Å². The number of hydrogen-bond acceptors (Lipinski definition) is 6. The number of anilines is 1. The highest BCUT2D eigenvalue weighted by atomic mass is 16.2. The second-order valence-corrected chi connectivity index (χ2v) is 7.39. The van der Waals surface area contributed by atoms with Gasteiger partial charge in [-0.05, 0) is 32.0 Å². The number of carbonyl (C=O) groups excluding carboxylic acids is 1. The maximum atomic E-state index is 13.2. The van der Waals surface area contributed by atoms with E-state index < -0.39 is 0 Å². The predicted octanol–water partition coefficient (Wildman–Crippen LogP) is 1.89. The van der Waals surface area contributed by atoms with Crippen LogP contribution in [0, 0.1) is 13.8 Å². The topological polar surface area (TPSA) is 84.5 Å². The van der Waals surface area contributed by atoms with E-state index in [0.29, 0.717) is 31.9 Å². The van der Waals surface area contributed by atoms with Gasteiger partial charge in [0.2, 0.25) is 0 Å². The van der Waals surface area contributed by atoms with E-state index in [1.165, 1.54) is 0 Å². The predicted molar refractivity (Wildman–Crippen MR) is 112 cm³/mol. The minimum atomic E-state index is 0.0150. The van der Waals surface area contributed by atoms with Crippen molar-refractivity contribution in [2.45, 2.75) is 13.8 Å². The number of imidazole rings is 1. The van der Waals surface area contributed by atoms with Crippen LogP contribution in [0.4, 0.5) is 5.82 Å². The highest BCUT2D eigenvalue weighted by Gasteiger charge is 2.26. The molecule has 5 rings (SSSR count). The van der Waals surface area contributed by atoms with E-state index in [0.717, 1.165) is 28.7 Å². The SMILES string of the molecule is Cc1ccn(-c2cc(N3CCN(C(=O)c4c(C)nc5ccccn45)CC3)ncn2)n1. The zero-order chi connectivity index (χ0) is 20.7. The van der Waals surface area contributed by atoms with Crippen LogP contribution in [0.1, 0.15) is 21.9 Å². The third kappa shape index (κ3) is 3.18. The molecule has 0 radical (unpaired) electrons. The monoisotopic (exact) mass is 402 g/mol. The van der Waals surface area contributed by atoms with Crippen LogP contribution >= 0.6 is 0 Å². The molecule has 0 spiro atoms. The van der Waals surface area contributed by atoms with Crippen molar-refractivity contribution in [1.82, 2.24) is 34.0 Å². The minimum Gasteiger partial charge on any atom is -0.353 e. The summed E-state index contributed by atoms with van der Waals surface area (Å²) in [5, 5.41) is 4.41. The summed E-state index contributed by atoms with van der Waals surface area (Å²) in [5.74, 6) is 1.58. The van der Waals surface area contributed by atoms with Gasteiger partial charge in [0.15, 0.2) is 5.82 Å². The molecule has 9 nitrogen and oxygen atoms in total. The van der Waals surface area contributed by atoms with Crippen molar-refractivity contribution in [3.05, 3.63) is 66.1 Å². The number of piperazine rings is 1. The van der Waals surface area contributed by atoms with E-state index in [1.807, 2.05) is 65.9 Å². The van der Waals surface area contributed by atoms with Gasteiger partial charge in [-0.15, -0.1) is 0 Å². The Morgan fingerprint density at radius 3 is 2.53 bits per heavy atom. The molecule has 4 aromatic rings. The lowest BCUT2D eigenvalue weighted by molar-refractivity contribution is 0.0738. The normalized spacial score (nSPS) is 14.5. The number of hydrogen-bond donors (Lipinski definition) is 0. The molecule has 0 aromatic carbocycles. The summed E-state index contributed by atoms with van der Waals surface area (Å²) in [4.78, 5) is 30.5. The molecule has 0 saturated carbocycles. The van der Waals surface area contributed by atoms with Gasteiger partial charge in [0.05, 0.1) is 11.4 Å². The fourth-order valence-corrected chi connectivity index (χ4v) is 3.84. The van der Waals surface area contributed by atoms with Gasteiger partial charge < -0.3 is 9.80 Å². The van der Waals surface area contributed by atoms with Crippen molar-refractivity contribution in [2.75, 3.05) is 31.1 Å². The Kier molecular flexibility index (Phi) is 4.42. The third-order valence-electron chi connectivity index (χ3n) is 5.39. The van der Waals surface area contributed by atoms with Crippen LogP contribution in [0.3, 0.4) is 0 Å². The van der Waals surface area contributed by atoms with Crippen LogP contribution < -0.4 is 4.90 Å². The summed E-state index contributed by atoms with van der Waals surface area (Å²) < 4.78 is 3.61. The highest BCUT2D eigenvalue weighted by molar-refractivity contribution is 5.94. The lowest BCUT2D eigenvalue weighted by Crippen LogP contribution is -2.49. The quantitative estimate of drug-likeness (QED) is 0.520. The van der Waals surface area contributed by atoms with Crippen LogP contribution in [-0.2, 0) is 0 Å². The molecule has 4 aromatic heterocycles. The van der Waals surface area contributed by atoms with Crippen LogP contribution in [0.2, 0.25) is 0 Å². The Labute approximate surface area is 173 Å². The molecule has 0 aliphatic carbocycles. The molecule has 9 heteroatoms. The maximum absolute atomic E-state index is 13.2. The Morgan fingerprint density at radius 1 is 0.967 bits per heavy atom. The highest BCUT2D eigenvalue weighted by Crippen LogP contribution is 2.19. The molecule has 5 heterocycles. The summed E-state index contributed by atoms with van der Waals surface area (Å²) in [5.41, 5.74) is 3.12. The summed E-state index contributed by atoms with van der Waals surface area (Å²) in [7, 11) is 0. The number of aromatic nitrogens is 6. The number of aryl methyl sites for hydroxylation is 2. The lowest BCUT2D eigenvalue weighted by atomic mass is 10.2. The zero-order valence-corrected chi connectivity index (χ0v) is 16.9. The van der Waals surface area contributed by atoms with Crippen molar-refractivity contribution in [3.8, 4) is 5.82 Å². The van der Waals surface area contributed by atoms with Gasteiger partial charge >= 0.3 is 0 Å². The van der Waals surface area contributed by atoms with Gasteiger partial charge in [0.25, 0.3) is 5.91 Å². The Hall–Kier alpha value is -3.75. The molecule has 1 aliphatic rings. The van der Waals surface area contributed by atoms with Crippen molar-refractivity contribution in [1.29, 1.82) is 0 Å². The number of fused-ring (bicyclic) bond motifs is 1.